The Hall–Kier alpha value is -1.67. The van der Waals surface area contributed by atoms with E-state index < -0.39 is 9.84 Å². The molecule has 8 heteroatoms. The maximum absolute atomic E-state index is 13.0. The SMILES string of the molecule is O=C(CCS(=O)(=O)c1cc2c(cc1Br)CCN2C(=O)C1CC1)NCCC1=CCCCC1. The molecule has 1 N–H and O–H groups in total. The highest BCUT2D eigenvalue weighted by molar-refractivity contribution is 9.10. The zero-order valence-electron chi connectivity index (χ0n) is 17.7. The summed E-state index contributed by atoms with van der Waals surface area (Å²) in [7, 11) is -3.66. The van der Waals surface area contributed by atoms with Gasteiger partial charge in [0, 0.05) is 35.6 Å². The van der Waals surface area contributed by atoms with Gasteiger partial charge < -0.3 is 10.2 Å². The third-order valence-electron chi connectivity index (χ3n) is 6.31. The molecule has 6 nitrogen and oxygen atoms in total. The van der Waals surface area contributed by atoms with Gasteiger partial charge in [0.1, 0.15) is 0 Å². The molecule has 0 aromatic heterocycles. The van der Waals surface area contributed by atoms with Crippen LogP contribution in [0.1, 0.15) is 56.9 Å². The molecule has 0 bridgehead atoms. The number of halogens is 1. The Morgan fingerprint density at radius 1 is 1.16 bits per heavy atom. The highest BCUT2D eigenvalue weighted by Gasteiger charge is 2.37. The van der Waals surface area contributed by atoms with E-state index in [1.54, 1.807) is 17.0 Å². The molecule has 0 spiro atoms. The van der Waals surface area contributed by atoms with Crippen molar-refractivity contribution in [3.05, 3.63) is 33.8 Å². The molecule has 31 heavy (non-hydrogen) atoms. The fourth-order valence-corrected chi connectivity index (χ4v) is 6.78. The van der Waals surface area contributed by atoms with Gasteiger partial charge in [-0.1, -0.05) is 11.6 Å². The number of carbonyl (C=O) groups is 2. The number of rotatable bonds is 8. The average molecular weight is 509 g/mol. The smallest absolute Gasteiger partial charge is 0.230 e. The lowest BCUT2D eigenvalue weighted by Gasteiger charge is -2.18. The first kappa shape index (κ1) is 22.5. The Kier molecular flexibility index (Phi) is 6.86. The summed E-state index contributed by atoms with van der Waals surface area (Å²) in [6.07, 6.45) is 10.2. The van der Waals surface area contributed by atoms with Crippen molar-refractivity contribution in [2.45, 2.75) is 62.7 Å². The molecule has 0 radical (unpaired) electrons. The highest BCUT2D eigenvalue weighted by atomic mass is 79.9. The summed E-state index contributed by atoms with van der Waals surface area (Å²) in [5, 5.41) is 2.84. The van der Waals surface area contributed by atoms with Gasteiger partial charge in [0.15, 0.2) is 9.84 Å². The molecule has 0 atom stereocenters. The molecule has 1 aromatic carbocycles. The van der Waals surface area contributed by atoms with Gasteiger partial charge in [-0.2, -0.15) is 0 Å². The minimum atomic E-state index is -3.66. The summed E-state index contributed by atoms with van der Waals surface area (Å²) in [4.78, 5) is 26.6. The standard InChI is InChI=1S/C23H29BrN2O4S/c24-19-14-18-9-12-26(23(28)17-6-7-17)20(18)15-21(19)31(29,30)13-10-22(27)25-11-8-16-4-2-1-3-5-16/h4,14-15,17H,1-3,5-13H2,(H,25,27). The van der Waals surface area contributed by atoms with Gasteiger partial charge in [-0.25, -0.2) is 8.42 Å². The Balaban J connectivity index is 1.37. The van der Waals surface area contributed by atoms with Gasteiger partial charge >= 0.3 is 0 Å². The summed E-state index contributed by atoms with van der Waals surface area (Å²) < 4.78 is 26.5. The molecule has 1 aromatic rings. The third-order valence-corrected chi connectivity index (χ3v) is 8.98. The van der Waals surface area contributed by atoms with Crippen LogP contribution >= 0.6 is 15.9 Å². The van der Waals surface area contributed by atoms with Crippen molar-refractivity contribution < 1.29 is 18.0 Å². The second-order valence-electron chi connectivity index (χ2n) is 8.70. The van der Waals surface area contributed by atoms with Gasteiger partial charge in [0.2, 0.25) is 11.8 Å². The van der Waals surface area contributed by atoms with Gasteiger partial charge in [0.05, 0.1) is 10.6 Å². The van der Waals surface area contributed by atoms with Crippen molar-refractivity contribution in [1.82, 2.24) is 5.32 Å². The van der Waals surface area contributed by atoms with Crippen LogP contribution < -0.4 is 10.2 Å². The van der Waals surface area contributed by atoms with Gasteiger partial charge in [-0.05, 0) is 85.0 Å². The number of amides is 2. The largest absolute Gasteiger partial charge is 0.356 e. The number of fused-ring (bicyclic) bond motifs is 1. The Bertz CT molecular complexity index is 1010. The summed E-state index contributed by atoms with van der Waals surface area (Å²) in [6, 6.07) is 3.41. The lowest BCUT2D eigenvalue weighted by molar-refractivity contribution is -0.121. The number of benzene rings is 1. The van der Waals surface area contributed by atoms with Crippen LogP contribution in [0.2, 0.25) is 0 Å². The van der Waals surface area contributed by atoms with Crippen molar-refractivity contribution in [3.8, 4) is 0 Å². The first-order valence-electron chi connectivity index (χ1n) is 11.2. The van der Waals surface area contributed by atoms with E-state index in [0.29, 0.717) is 23.2 Å². The van der Waals surface area contributed by atoms with E-state index in [-0.39, 0.29) is 34.8 Å². The lowest BCUT2D eigenvalue weighted by Crippen LogP contribution is -2.30. The van der Waals surface area contributed by atoms with Crippen LogP contribution in [0.4, 0.5) is 5.69 Å². The molecule has 1 heterocycles. The normalized spacial score (nSPS) is 18.5. The Morgan fingerprint density at radius 2 is 1.97 bits per heavy atom. The van der Waals surface area contributed by atoms with Crippen LogP contribution in [-0.2, 0) is 25.8 Å². The zero-order valence-corrected chi connectivity index (χ0v) is 20.1. The number of nitrogens with one attached hydrogen (secondary N) is 1. The van der Waals surface area contributed by atoms with Crippen LogP contribution in [0, 0.1) is 5.92 Å². The summed E-state index contributed by atoms with van der Waals surface area (Å²) >= 11 is 3.39. The molecule has 0 saturated heterocycles. The Morgan fingerprint density at radius 3 is 2.68 bits per heavy atom. The van der Waals surface area contributed by atoms with Crippen LogP contribution in [-0.4, -0.2) is 39.1 Å². The van der Waals surface area contributed by atoms with E-state index >= 15 is 0 Å². The molecule has 1 fully saturated rings. The maximum atomic E-state index is 13.0. The van der Waals surface area contributed by atoms with Gasteiger partial charge in [-0.3, -0.25) is 9.59 Å². The van der Waals surface area contributed by atoms with Gasteiger partial charge in [-0.15, -0.1) is 0 Å². The van der Waals surface area contributed by atoms with Crippen molar-refractivity contribution >= 4 is 43.3 Å². The minimum Gasteiger partial charge on any atom is -0.356 e. The lowest BCUT2D eigenvalue weighted by atomic mass is 9.97. The molecular weight excluding hydrogens is 480 g/mol. The Labute approximate surface area is 192 Å². The van der Waals surface area contributed by atoms with E-state index in [1.165, 1.54) is 18.4 Å². The van der Waals surface area contributed by atoms with E-state index in [4.69, 9.17) is 0 Å². The molecule has 3 aliphatic rings. The first-order chi connectivity index (χ1) is 14.8. The second-order valence-corrected chi connectivity index (χ2v) is 11.6. The van der Waals surface area contributed by atoms with Crippen molar-refractivity contribution in [3.63, 3.8) is 0 Å². The summed E-state index contributed by atoms with van der Waals surface area (Å²) in [6.45, 7) is 1.14. The van der Waals surface area contributed by atoms with Crippen LogP contribution in [0.3, 0.4) is 0 Å². The highest BCUT2D eigenvalue weighted by Crippen LogP contribution is 2.39. The molecular formula is C23H29BrN2O4S. The quantitative estimate of drug-likeness (QED) is 0.539. The fraction of sp³-hybridized carbons (Fsp3) is 0.565. The number of sulfone groups is 1. The zero-order chi connectivity index (χ0) is 22.0. The number of hydrogen-bond acceptors (Lipinski definition) is 4. The fourth-order valence-electron chi connectivity index (χ4n) is 4.33. The van der Waals surface area contributed by atoms with E-state index in [2.05, 4.69) is 27.3 Å². The van der Waals surface area contributed by atoms with Crippen LogP contribution in [0.25, 0.3) is 0 Å². The predicted octanol–water partition coefficient (Wildman–Crippen LogP) is 3.92. The molecule has 1 aliphatic heterocycles. The second kappa shape index (κ2) is 9.45. The molecule has 0 unspecified atom stereocenters. The number of hydrogen-bond donors (Lipinski definition) is 1. The molecule has 2 aliphatic carbocycles. The molecule has 1 saturated carbocycles. The van der Waals surface area contributed by atoms with Crippen molar-refractivity contribution in [2.24, 2.45) is 5.92 Å². The molecule has 168 valence electrons. The first-order valence-corrected chi connectivity index (χ1v) is 13.6. The van der Waals surface area contributed by atoms with Crippen LogP contribution in [0.15, 0.2) is 33.2 Å². The third kappa shape index (κ3) is 5.40. The summed E-state index contributed by atoms with van der Waals surface area (Å²) in [5.41, 5.74) is 3.06. The number of anilines is 1. The number of carbonyl (C=O) groups excluding carboxylic acids is 2. The average Bonchev–Trinajstić information content (AvgIpc) is 3.52. The molecule has 2 amide bonds. The van der Waals surface area contributed by atoms with Crippen molar-refractivity contribution in [2.75, 3.05) is 23.7 Å². The topological polar surface area (TPSA) is 83.6 Å². The summed E-state index contributed by atoms with van der Waals surface area (Å²) in [5.74, 6) is -0.322. The number of nitrogens with zero attached hydrogens (tertiary/aromatic N) is 1. The maximum Gasteiger partial charge on any atom is 0.230 e. The van der Waals surface area contributed by atoms with Gasteiger partial charge in [0.25, 0.3) is 0 Å². The number of allylic oxidation sites excluding steroid dienone is 1. The van der Waals surface area contributed by atoms with E-state index in [0.717, 1.165) is 44.1 Å². The van der Waals surface area contributed by atoms with E-state index in [9.17, 15) is 18.0 Å². The van der Waals surface area contributed by atoms with E-state index in [1.807, 2.05) is 0 Å². The molecule has 4 rings (SSSR count). The van der Waals surface area contributed by atoms with Crippen molar-refractivity contribution in [1.29, 1.82) is 0 Å². The monoisotopic (exact) mass is 508 g/mol. The van der Waals surface area contributed by atoms with Crippen LogP contribution in [0.5, 0.6) is 0 Å². The predicted molar refractivity (Wildman–Crippen MR) is 124 cm³/mol. The minimum absolute atomic E-state index is 0.0738.